The van der Waals surface area contributed by atoms with Crippen molar-refractivity contribution in [1.82, 2.24) is 4.98 Å². The van der Waals surface area contributed by atoms with Crippen molar-refractivity contribution in [2.24, 2.45) is 0 Å². The predicted molar refractivity (Wildman–Crippen MR) is 93.7 cm³/mol. The van der Waals surface area contributed by atoms with E-state index in [0.29, 0.717) is 28.1 Å². The Morgan fingerprint density at radius 2 is 1.83 bits per heavy atom. The van der Waals surface area contributed by atoms with Crippen molar-refractivity contribution in [3.8, 4) is 11.5 Å². The first-order chi connectivity index (χ1) is 11.1. The summed E-state index contributed by atoms with van der Waals surface area (Å²) in [5.74, 6) is 1.31. The summed E-state index contributed by atoms with van der Waals surface area (Å²) in [6.07, 6.45) is 1.57. The van der Waals surface area contributed by atoms with Gasteiger partial charge in [0.1, 0.15) is 6.26 Å². The Balaban J connectivity index is 1.68. The number of nitrogens with zero attached hydrogens (tertiary/aromatic N) is 1. The smallest absolute Gasteiger partial charge is 0.226 e. The maximum atomic E-state index is 12.3. The van der Waals surface area contributed by atoms with Crippen molar-refractivity contribution < 1.29 is 8.63 Å². The Kier molecular flexibility index (Phi) is 4.94. The topological polar surface area (TPSA) is 43.1 Å². The van der Waals surface area contributed by atoms with E-state index in [9.17, 15) is 4.21 Å². The molecule has 0 amide bonds. The number of aryl methyl sites for hydroxylation is 1. The third-order valence-electron chi connectivity index (χ3n) is 3.43. The van der Waals surface area contributed by atoms with Gasteiger partial charge in [-0.15, -0.1) is 0 Å². The highest BCUT2D eigenvalue weighted by atomic mass is 35.5. The van der Waals surface area contributed by atoms with Crippen LogP contribution < -0.4 is 0 Å². The quantitative estimate of drug-likeness (QED) is 0.670. The van der Waals surface area contributed by atoms with E-state index in [-0.39, 0.29) is 0 Å². The van der Waals surface area contributed by atoms with Crippen LogP contribution in [0.5, 0.6) is 0 Å². The lowest BCUT2D eigenvalue weighted by molar-refractivity contribution is 0.573. The van der Waals surface area contributed by atoms with Gasteiger partial charge in [-0.3, -0.25) is 4.21 Å². The van der Waals surface area contributed by atoms with Gasteiger partial charge in [-0.1, -0.05) is 47.5 Å². The highest BCUT2D eigenvalue weighted by Crippen LogP contribution is 2.21. The second kappa shape index (κ2) is 7.11. The van der Waals surface area contributed by atoms with Crippen LogP contribution >= 0.6 is 11.6 Å². The van der Waals surface area contributed by atoms with Crippen molar-refractivity contribution in [2.45, 2.75) is 18.4 Å². The van der Waals surface area contributed by atoms with E-state index < -0.39 is 10.8 Å². The predicted octanol–water partition coefficient (Wildman–Crippen LogP) is 4.75. The largest absolute Gasteiger partial charge is 0.444 e. The number of oxazole rings is 1. The molecule has 1 atom stereocenters. The molecule has 1 heterocycles. The second-order valence-electron chi connectivity index (χ2n) is 5.33. The minimum absolute atomic E-state index is 0.348. The van der Waals surface area contributed by atoms with Gasteiger partial charge in [0.2, 0.25) is 5.89 Å². The van der Waals surface area contributed by atoms with Crippen molar-refractivity contribution in [2.75, 3.05) is 0 Å². The van der Waals surface area contributed by atoms with Gasteiger partial charge in [-0.2, -0.15) is 0 Å². The molecule has 1 aromatic heterocycles. The zero-order valence-electron chi connectivity index (χ0n) is 12.7. The number of benzene rings is 2. The first kappa shape index (κ1) is 16.0. The van der Waals surface area contributed by atoms with Crippen LogP contribution in [0.4, 0.5) is 0 Å². The molecule has 0 N–H and O–H groups in total. The number of hydrogen-bond donors (Lipinski definition) is 0. The van der Waals surface area contributed by atoms with Gasteiger partial charge >= 0.3 is 0 Å². The molecule has 0 radical (unpaired) electrons. The van der Waals surface area contributed by atoms with E-state index in [4.69, 9.17) is 16.0 Å². The number of halogens is 1. The number of hydrogen-bond acceptors (Lipinski definition) is 3. The van der Waals surface area contributed by atoms with Crippen molar-refractivity contribution in [3.05, 3.63) is 76.6 Å². The van der Waals surface area contributed by atoms with Crippen LogP contribution in [0.15, 0.2) is 59.2 Å². The highest BCUT2D eigenvalue weighted by molar-refractivity contribution is 7.83. The van der Waals surface area contributed by atoms with E-state index in [1.807, 2.05) is 49.4 Å². The molecule has 0 aliphatic heterocycles. The van der Waals surface area contributed by atoms with E-state index >= 15 is 0 Å². The summed E-state index contributed by atoms with van der Waals surface area (Å²) in [6, 6.07) is 15.4. The van der Waals surface area contributed by atoms with Crippen LogP contribution in [0.1, 0.15) is 16.8 Å². The molecule has 3 aromatic rings. The van der Waals surface area contributed by atoms with Gasteiger partial charge in [-0.05, 0) is 30.7 Å². The average molecular weight is 346 g/mol. The molecule has 23 heavy (non-hydrogen) atoms. The molecule has 0 saturated heterocycles. The Morgan fingerprint density at radius 1 is 1.09 bits per heavy atom. The number of rotatable bonds is 5. The zero-order chi connectivity index (χ0) is 16.2. The van der Waals surface area contributed by atoms with E-state index in [1.165, 1.54) is 5.56 Å². The molecule has 0 saturated carbocycles. The summed E-state index contributed by atoms with van der Waals surface area (Å²) in [6.45, 7) is 2.03. The molecule has 5 heteroatoms. The van der Waals surface area contributed by atoms with E-state index in [1.54, 1.807) is 12.3 Å². The normalized spacial score (nSPS) is 12.3. The molecule has 0 spiro atoms. The first-order valence-corrected chi connectivity index (χ1v) is 9.08. The molecule has 118 valence electrons. The maximum Gasteiger partial charge on any atom is 0.226 e. The van der Waals surface area contributed by atoms with Crippen molar-refractivity contribution in [1.29, 1.82) is 0 Å². The summed E-state index contributed by atoms with van der Waals surface area (Å²) in [4.78, 5) is 4.42. The molecule has 0 fully saturated rings. The van der Waals surface area contributed by atoms with Gasteiger partial charge in [0.05, 0.1) is 17.2 Å². The lowest BCUT2D eigenvalue weighted by Gasteiger charge is -2.02. The van der Waals surface area contributed by atoms with Gasteiger partial charge in [0.15, 0.2) is 0 Å². The van der Waals surface area contributed by atoms with Crippen LogP contribution in [0.25, 0.3) is 11.5 Å². The SMILES string of the molecule is Cc1ccc(-c2nc(CS(=O)Cc3ccccc3Cl)co2)cc1. The fourth-order valence-corrected chi connectivity index (χ4v) is 3.65. The third kappa shape index (κ3) is 4.09. The van der Waals surface area contributed by atoms with Crippen LogP contribution in [-0.4, -0.2) is 9.19 Å². The van der Waals surface area contributed by atoms with Crippen LogP contribution in [0.2, 0.25) is 5.02 Å². The molecular weight excluding hydrogens is 330 g/mol. The summed E-state index contributed by atoms with van der Waals surface area (Å²) >= 11 is 6.10. The van der Waals surface area contributed by atoms with Gasteiger partial charge in [0.25, 0.3) is 0 Å². The standard InChI is InChI=1S/C18H16ClNO2S/c1-13-6-8-14(9-7-13)18-20-16(10-22-18)12-23(21)11-15-4-2-3-5-17(15)19/h2-10H,11-12H2,1H3. The third-order valence-corrected chi connectivity index (χ3v) is 5.05. The van der Waals surface area contributed by atoms with Crippen LogP contribution in [0, 0.1) is 6.92 Å². The minimum atomic E-state index is -1.09. The van der Waals surface area contributed by atoms with Crippen LogP contribution in [0.3, 0.4) is 0 Å². The first-order valence-electron chi connectivity index (χ1n) is 7.21. The molecule has 3 rings (SSSR count). The number of aromatic nitrogens is 1. The summed E-state index contributed by atoms with van der Waals surface area (Å²) in [5, 5.41) is 0.640. The maximum absolute atomic E-state index is 12.3. The Labute approximate surface area is 142 Å². The average Bonchev–Trinajstić information content (AvgIpc) is 2.98. The Hall–Kier alpha value is -1.91. The van der Waals surface area contributed by atoms with E-state index in [0.717, 1.165) is 11.1 Å². The fraction of sp³-hybridized carbons (Fsp3) is 0.167. The van der Waals surface area contributed by atoms with E-state index in [2.05, 4.69) is 4.98 Å². The monoisotopic (exact) mass is 345 g/mol. The highest BCUT2D eigenvalue weighted by Gasteiger charge is 2.11. The molecule has 0 aliphatic rings. The molecule has 1 unspecified atom stereocenters. The minimum Gasteiger partial charge on any atom is -0.444 e. The van der Waals surface area contributed by atoms with Crippen molar-refractivity contribution in [3.63, 3.8) is 0 Å². The zero-order valence-corrected chi connectivity index (χ0v) is 14.2. The molecular formula is C18H16ClNO2S. The van der Waals surface area contributed by atoms with Gasteiger partial charge in [0, 0.05) is 21.4 Å². The summed E-state index contributed by atoms with van der Waals surface area (Å²) in [7, 11) is -1.09. The van der Waals surface area contributed by atoms with Gasteiger partial charge in [-0.25, -0.2) is 4.98 Å². The molecule has 2 aromatic carbocycles. The Morgan fingerprint density at radius 3 is 2.57 bits per heavy atom. The van der Waals surface area contributed by atoms with Crippen molar-refractivity contribution >= 4 is 22.4 Å². The lowest BCUT2D eigenvalue weighted by atomic mass is 10.1. The Bertz CT molecular complexity index is 827. The second-order valence-corrected chi connectivity index (χ2v) is 7.19. The summed E-state index contributed by atoms with van der Waals surface area (Å²) in [5.41, 5.74) is 3.67. The molecule has 0 bridgehead atoms. The molecule has 3 nitrogen and oxygen atoms in total. The molecule has 0 aliphatic carbocycles. The van der Waals surface area contributed by atoms with Gasteiger partial charge < -0.3 is 4.42 Å². The van der Waals surface area contributed by atoms with Crippen LogP contribution in [-0.2, 0) is 22.3 Å². The lowest BCUT2D eigenvalue weighted by Crippen LogP contribution is -2.00. The summed E-state index contributed by atoms with van der Waals surface area (Å²) < 4.78 is 17.8. The fourth-order valence-electron chi connectivity index (χ4n) is 2.21.